The fourth-order valence-electron chi connectivity index (χ4n) is 6.41. The SMILES string of the molecule is CC(=O)N1CCc2c(c(-c3ccc(Cl)cc3)nn2CC(O)CN2CCN(C(c3ccc(F)cc3)c3ccc(F)cc3)CC2)C1. The van der Waals surface area contributed by atoms with Crippen LogP contribution in [0.15, 0.2) is 72.8 Å². The number of amides is 1. The summed E-state index contributed by atoms with van der Waals surface area (Å²) in [5.41, 5.74) is 5.72. The van der Waals surface area contributed by atoms with Gasteiger partial charge in [-0.2, -0.15) is 5.10 Å². The molecule has 1 fully saturated rings. The number of halogens is 3. The van der Waals surface area contributed by atoms with Crippen molar-refractivity contribution in [3.63, 3.8) is 0 Å². The Kier molecular flexibility index (Phi) is 9.09. The average Bonchev–Trinajstić information content (AvgIpc) is 3.37. The average molecular weight is 620 g/mol. The molecule has 2 aliphatic heterocycles. The quantitative estimate of drug-likeness (QED) is 0.295. The van der Waals surface area contributed by atoms with Crippen LogP contribution in [0.5, 0.6) is 0 Å². The molecule has 1 amide bonds. The molecule has 1 atom stereocenters. The number of hydrogen-bond donors (Lipinski definition) is 1. The maximum atomic E-state index is 13.7. The second-order valence-corrected chi connectivity index (χ2v) is 12.1. The van der Waals surface area contributed by atoms with Crippen molar-refractivity contribution in [2.75, 3.05) is 39.3 Å². The minimum Gasteiger partial charge on any atom is -0.390 e. The highest BCUT2D eigenvalue weighted by atomic mass is 35.5. The third-order valence-electron chi connectivity index (χ3n) is 8.69. The predicted octanol–water partition coefficient (Wildman–Crippen LogP) is 5.15. The zero-order valence-electron chi connectivity index (χ0n) is 24.7. The smallest absolute Gasteiger partial charge is 0.219 e. The Morgan fingerprint density at radius 2 is 1.45 bits per heavy atom. The molecule has 6 rings (SSSR count). The number of benzene rings is 3. The lowest BCUT2D eigenvalue weighted by Crippen LogP contribution is -2.50. The van der Waals surface area contributed by atoms with Crippen molar-refractivity contribution in [3.8, 4) is 11.3 Å². The first-order valence-electron chi connectivity index (χ1n) is 15.0. The van der Waals surface area contributed by atoms with Gasteiger partial charge in [0.2, 0.25) is 5.91 Å². The van der Waals surface area contributed by atoms with Gasteiger partial charge in [0, 0.05) is 81.0 Å². The standard InChI is InChI=1S/C34H36ClF2N5O2/c1-23(43)41-15-14-32-31(22-41)33(24-2-8-27(35)9-3-24)38-42(32)21-30(44)20-39-16-18-40(19-17-39)34(25-4-10-28(36)11-5-25)26-6-12-29(37)13-7-26/h2-13,30,34,44H,14-22H2,1H3. The lowest BCUT2D eigenvalue weighted by molar-refractivity contribution is -0.129. The van der Waals surface area contributed by atoms with E-state index in [1.807, 2.05) is 33.8 Å². The van der Waals surface area contributed by atoms with Gasteiger partial charge in [-0.05, 0) is 47.5 Å². The van der Waals surface area contributed by atoms with Gasteiger partial charge in [0.05, 0.1) is 24.4 Å². The van der Waals surface area contributed by atoms with Crippen LogP contribution in [0.4, 0.5) is 8.78 Å². The van der Waals surface area contributed by atoms with Gasteiger partial charge in [-0.1, -0.05) is 48.0 Å². The lowest BCUT2D eigenvalue weighted by Gasteiger charge is -2.40. The highest BCUT2D eigenvalue weighted by Gasteiger charge is 2.30. The Bertz CT molecular complexity index is 1540. The van der Waals surface area contributed by atoms with Crippen LogP contribution in [0.1, 0.15) is 35.3 Å². The predicted molar refractivity (Wildman–Crippen MR) is 166 cm³/mol. The summed E-state index contributed by atoms with van der Waals surface area (Å²) in [6.07, 6.45) is 0.0363. The van der Waals surface area contributed by atoms with Crippen LogP contribution < -0.4 is 0 Å². The maximum Gasteiger partial charge on any atom is 0.219 e. The molecule has 10 heteroatoms. The molecular formula is C34H36ClF2N5O2. The molecule has 4 aromatic rings. The van der Waals surface area contributed by atoms with Gasteiger partial charge in [-0.25, -0.2) is 8.78 Å². The molecule has 44 heavy (non-hydrogen) atoms. The molecule has 230 valence electrons. The van der Waals surface area contributed by atoms with Crippen LogP contribution in [0.3, 0.4) is 0 Å². The number of piperazine rings is 1. The van der Waals surface area contributed by atoms with E-state index in [0.29, 0.717) is 37.6 Å². The molecule has 3 aromatic carbocycles. The zero-order valence-corrected chi connectivity index (χ0v) is 25.4. The number of aromatic nitrogens is 2. The molecule has 0 spiro atoms. The Morgan fingerprint density at radius 3 is 2.02 bits per heavy atom. The summed E-state index contributed by atoms with van der Waals surface area (Å²) in [5, 5.41) is 16.8. The number of hydrogen-bond acceptors (Lipinski definition) is 5. The fraction of sp³-hybridized carbons (Fsp3) is 0.353. The van der Waals surface area contributed by atoms with Crippen molar-refractivity contribution in [2.24, 2.45) is 0 Å². The summed E-state index contributed by atoms with van der Waals surface area (Å²) in [7, 11) is 0. The number of aliphatic hydroxyl groups is 1. The molecule has 0 aliphatic carbocycles. The van der Waals surface area contributed by atoms with Crippen LogP contribution >= 0.6 is 11.6 Å². The fourth-order valence-corrected chi connectivity index (χ4v) is 6.54. The summed E-state index contributed by atoms with van der Waals surface area (Å²) >= 11 is 6.13. The lowest BCUT2D eigenvalue weighted by atomic mass is 9.96. The van der Waals surface area contributed by atoms with E-state index in [2.05, 4.69) is 9.80 Å². The number of carbonyl (C=O) groups excluding carboxylic acids is 1. The normalized spacial score (nSPS) is 16.7. The van der Waals surface area contributed by atoms with Crippen LogP contribution in [-0.2, 0) is 24.3 Å². The molecule has 0 saturated carbocycles. The van der Waals surface area contributed by atoms with Crippen molar-refractivity contribution in [1.29, 1.82) is 0 Å². The van der Waals surface area contributed by atoms with Crippen LogP contribution in [-0.4, -0.2) is 80.9 Å². The van der Waals surface area contributed by atoms with Crippen molar-refractivity contribution >= 4 is 17.5 Å². The molecule has 1 N–H and O–H groups in total. The first kappa shape index (κ1) is 30.4. The summed E-state index contributed by atoms with van der Waals surface area (Å²) in [6, 6.07) is 20.4. The minimum atomic E-state index is -0.639. The summed E-state index contributed by atoms with van der Waals surface area (Å²) in [5.74, 6) is -0.550. The van der Waals surface area contributed by atoms with Gasteiger partial charge in [0.15, 0.2) is 0 Å². The van der Waals surface area contributed by atoms with Crippen molar-refractivity contribution in [2.45, 2.75) is 38.6 Å². The van der Waals surface area contributed by atoms with Gasteiger partial charge in [0.25, 0.3) is 0 Å². The largest absolute Gasteiger partial charge is 0.390 e. The molecule has 0 bridgehead atoms. The summed E-state index contributed by atoms with van der Waals surface area (Å²) < 4.78 is 29.3. The Labute approximate surface area is 261 Å². The van der Waals surface area contributed by atoms with E-state index in [9.17, 15) is 18.7 Å². The maximum absolute atomic E-state index is 13.7. The number of aliphatic hydroxyl groups excluding tert-OH is 1. The zero-order chi connectivity index (χ0) is 30.8. The van der Waals surface area contributed by atoms with E-state index in [0.717, 1.165) is 59.8 Å². The Balaban J connectivity index is 1.14. The Morgan fingerprint density at radius 1 is 0.864 bits per heavy atom. The molecule has 1 saturated heterocycles. The van der Waals surface area contributed by atoms with E-state index < -0.39 is 6.10 Å². The third-order valence-corrected chi connectivity index (χ3v) is 8.95. The number of rotatable bonds is 8. The monoisotopic (exact) mass is 619 g/mol. The molecule has 1 aromatic heterocycles. The third kappa shape index (κ3) is 6.71. The van der Waals surface area contributed by atoms with E-state index in [1.165, 1.54) is 24.3 Å². The van der Waals surface area contributed by atoms with Crippen molar-refractivity contribution in [3.05, 3.63) is 112 Å². The Hall–Kier alpha value is -3.63. The molecule has 0 radical (unpaired) electrons. The van der Waals surface area contributed by atoms with Gasteiger partial charge in [-0.3, -0.25) is 19.3 Å². The molecule has 1 unspecified atom stereocenters. The van der Waals surface area contributed by atoms with Gasteiger partial charge in [0.1, 0.15) is 11.6 Å². The van der Waals surface area contributed by atoms with Gasteiger partial charge in [-0.15, -0.1) is 0 Å². The highest BCUT2D eigenvalue weighted by Crippen LogP contribution is 2.32. The molecular weight excluding hydrogens is 584 g/mol. The minimum absolute atomic E-state index is 0.0331. The van der Waals surface area contributed by atoms with E-state index in [-0.39, 0.29) is 23.6 Å². The van der Waals surface area contributed by atoms with Gasteiger partial charge >= 0.3 is 0 Å². The van der Waals surface area contributed by atoms with E-state index in [1.54, 1.807) is 31.2 Å². The summed E-state index contributed by atoms with van der Waals surface area (Å²) in [4.78, 5) is 18.6. The number of fused-ring (bicyclic) bond motifs is 1. The van der Waals surface area contributed by atoms with Crippen molar-refractivity contribution in [1.82, 2.24) is 24.5 Å². The van der Waals surface area contributed by atoms with Crippen LogP contribution in [0.25, 0.3) is 11.3 Å². The highest BCUT2D eigenvalue weighted by molar-refractivity contribution is 6.30. The first-order valence-corrected chi connectivity index (χ1v) is 15.4. The second kappa shape index (κ2) is 13.2. The van der Waals surface area contributed by atoms with Crippen LogP contribution in [0.2, 0.25) is 5.02 Å². The number of carbonyl (C=O) groups is 1. The van der Waals surface area contributed by atoms with E-state index in [4.69, 9.17) is 16.7 Å². The molecule has 2 aliphatic rings. The van der Waals surface area contributed by atoms with Gasteiger partial charge < -0.3 is 10.0 Å². The molecule has 3 heterocycles. The topological polar surface area (TPSA) is 64.8 Å². The van der Waals surface area contributed by atoms with E-state index >= 15 is 0 Å². The number of nitrogens with zero attached hydrogens (tertiary/aromatic N) is 5. The van der Waals surface area contributed by atoms with Crippen LogP contribution in [0, 0.1) is 11.6 Å². The second-order valence-electron chi connectivity index (χ2n) is 11.6. The summed E-state index contributed by atoms with van der Waals surface area (Å²) in [6.45, 7) is 6.52. The van der Waals surface area contributed by atoms with Crippen molar-refractivity contribution < 1.29 is 18.7 Å². The first-order chi connectivity index (χ1) is 21.2. The molecule has 7 nitrogen and oxygen atoms in total. The number of β-amino-alcohol motifs (C(OH)–C–C–N with tert-alkyl or cyclic N) is 1.